The number of hydrogen-bond acceptors (Lipinski definition) is 9. The molecule has 0 amide bonds. The Bertz CT molecular complexity index is 3830. The summed E-state index contributed by atoms with van der Waals surface area (Å²) in [4.78, 5) is 0. The molecule has 0 aliphatic heterocycles. The second-order valence-corrected chi connectivity index (χ2v) is 47.2. The number of rotatable bonds is 83. The van der Waals surface area contributed by atoms with Gasteiger partial charge >= 0.3 is 25.8 Å². The summed E-state index contributed by atoms with van der Waals surface area (Å²) in [5.41, 5.74) is 13.7. The van der Waals surface area contributed by atoms with Crippen molar-refractivity contribution in [2.24, 2.45) is 0 Å². The fraction of sp³-hybridized carbons (Fsp3) is 0.710. The Morgan fingerprint density at radius 3 is 0.669 bits per heavy atom. The second-order valence-electron chi connectivity index (χ2n) is 44.0. The smallest absolute Gasteiger partial charge is 0.418 e. The molecule has 0 spiro atoms. The maximum absolute atomic E-state index is 7.43. The highest BCUT2D eigenvalue weighted by atomic mass is 31.2. The van der Waals surface area contributed by atoms with Gasteiger partial charge in [-0.2, -0.15) is 0 Å². The van der Waals surface area contributed by atoms with Crippen molar-refractivity contribution in [1.29, 1.82) is 0 Å². The molecule has 0 bridgehead atoms. The lowest BCUT2D eigenvalue weighted by molar-refractivity contribution is 0.256. The van der Waals surface area contributed by atoms with Gasteiger partial charge < -0.3 is 27.1 Å². The molecule has 770 valence electrons. The molecule has 4 unspecified atom stereocenters. The number of unbranched alkanes of at least 4 members (excludes halogenated alkanes) is 51. The fourth-order valence-corrected chi connectivity index (χ4v) is 22.4. The summed E-state index contributed by atoms with van der Waals surface area (Å²) in [7, 11) is -5.55. The molecule has 0 aliphatic rings. The first-order valence-corrected chi connectivity index (χ1v) is 60.3. The molecule has 9 nitrogen and oxygen atoms in total. The largest absolute Gasteiger partial charge is 0.463 e. The van der Waals surface area contributed by atoms with Gasteiger partial charge in [0, 0.05) is 22.6 Å². The zero-order valence-corrected chi connectivity index (χ0v) is 94.0. The van der Waals surface area contributed by atoms with Crippen molar-refractivity contribution >= 4 is 25.8 Å². The van der Waals surface area contributed by atoms with E-state index in [1.807, 2.05) is 0 Å². The predicted molar refractivity (Wildman–Crippen MR) is 595 cm³/mol. The van der Waals surface area contributed by atoms with Crippen molar-refractivity contribution in [3.8, 4) is 34.5 Å². The minimum atomic E-state index is -1.86. The molecule has 0 fully saturated rings. The van der Waals surface area contributed by atoms with Gasteiger partial charge in [-0.05, 0) is 212 Å². The van der Waals surface area contributed by atoms with E-state index in [4.69, 9.17) is 40.7 Å². The molecular formula is C124H205O9P3. The molecule has 0 saturated heterocycles. The highest BCUT2D eigenvalue weighted by Gasteiger charge is 2.35. The van der Waals surface area contributed by atoms with E-state index in [0.717, 1.165) is 115 Å². The lowest BCUT2D eigenvalue weighted by atomic mass is 9.74. The molecular weight excluding hydrogens is 1730 g/mol. The minimum absolute atomic E-state index is 0.0777. The summed E-state index contributed by atoms with van der Waals surface area (Å²) in [5.74, 6) is 4.88. The van der Waals surface area contributed by atoms with Crippen molar-refractivity contribution in [3.63, 3.8) is 0 Å². The van der Waals surface area contributed by atoms with Crippen molar-refractivity contribution in [2.75, 3.05) is 19.8 Å². The van der Waals surface area contributed by atoms with E-state index in [9.17, 15) is 0 Å². The Balaban J connectivity index is 1.45. The monoisotopic (exact) mass is 1930 g/mol. The Morgan fingerprint density at radius 1 is 0.235 bits per heavy atom. The molecule has 4 atom stereocenters. The molecule has 6 rings (SSSR count). The molecule has 12 heteroatoms. The van der Waals surface area contributed by atoms with Crippen LogP contribution >= 0.6 is 25.8 Å². The van der Waals surface area contributed by atoms with Crippen LogP contribution in [-0.2, 0) is 49.1 Å². The summed E-state index contributed by atoms with van der Waals surface area (Å²) in [6.07, 6.45) is 77.1. The summed E-state index contributed by atoms with van der Waals surface area (Å²) in [6.45, 7) is 46.0. The van der Waals surface area contributed by atoms with Crippen LogP contribution in [0, 0.1) is 20.8 Å². The van der Waals surface area contributed by atoms with E-state index >= 15 is 0 Å². The van der Waals surface area contributed by atoms with E-state index in [1.54, 1.807) is 0 Å². The second kappa shape index (κ2) is 72.5. The van der Waals surface area contributed by atoms with Crippen LogP contribution in [-0.4, -0.2) is 19.8 Å². The third kappa shape index (κ3) is 51.5. The van der Waals surface area contributed by atoms with Gasteiger partial charge in [0.1, 0.15) is 34.5 Å². The Labute approximate surface area is 842 Å². The first-order chi connectivity index (χ1) is 65.9. The zero-order chi connectivity index (χ0) is 98.1. The van der Waals surface area contributed by atoms with Crippen LogP contribution in [0.15, 0.2) is 109 Å². The van der Waals surface area contributed by atoms with Gasteiger partial charge in [0.2, 0.25) is 0 Å². The van der Waals surface area contributed by atoms with Crippen LogP contribution < -0.4 is 27.1 Å². The van der Waals surface area contributed by atoms with E-state index in [0.29, 0.717) is 19.8 Å². The summed E-state index contributed by atoms with van der Waals surface area (Å²) >= 11 is 0. The Hall–Kier alpha value is -4.71. The molecule has 0 N–H and O–H groups in total. The minimum Gasteiger partial charge on any atom is -0.418 e. The standard InChI is InChI=1S/C124H205O9P3/c1-20-26-32-38-44-47-50-53-56-62-68-74-89-125-134(128-109-86-77-83-106(96-109)80-71-65-59-41-35-29-23-4)131-119-93-103(8)112(99-116(119)122(11,12)13)102(7)92-115(113-100-117(123(14,15)16)120(94-104(113)9)132-135(126-90-75-69-63-57-54-51-48-45-39-33-27-21-2)129-110-87-78-84-107(97-110)81-72-66-60-42-36-30-24-5)114-101-118(124(17,18)19)121(95-105(114)10)133-136(127-91-76-70-64-58-55-52-49-46-40-34-28-22-3)130-111-88-79-85-108(98-111)82-73-67-61-43-37-31-25-6/h77-79,83-88,93-102,115H,20-76,80-82,89-92H2,1-19H3. The summed E-state index contributed by atoms with van der Waals surface area (Å²) in [6, 6.07) is 40.8. The zero-order valence-electron chi connectivity index (χ0n) is 91.3. The molecule has 0 saturated carbocycles. The first kappa shape index (κ1) is 120. The molecule has 0 radical (unpaired) electrons. The van der Waals surface area contributed by atoms with E-state index < -0.39 is 25.8 Å². The quantitative estimate of drug-likeness (QED) is 0.0274. The van der Waals surface area contributed by atoms with Crippen LogP contribution in [0.3, 0.4) is 0 Å². The SMILES string of the molecule is CCCCCCCCCCCCCCOP(Oc1cccc(CCCCCCCCC)c1)Oc1cc(C)c(C(C)CC(c2cc(C(C)(C)C)c(OP(OCCCCCCCCCCCCCC)Oc3cccc(CCCCCCCCC)c3)cc2C)c2cc(C(C)(C)C)c(OP(OCCCCCCCCCCCCCC)Oc3cccc(CCCCCCCCC)c3)cc2C)cc1C(C)(C)C. The molecule has 0 heterocycles. The van der Waals surface area contributed by atoms with Crippen molar-refractivity contribution in [3.05, 3.63) is 176 Å². The van der Waals surface area contributed by atoms with Gasteiger partial charge in [-0.1, -0.05) is 493 Å². The molecule has 136 heavy (non-hydrogen) atoms. The lowest BCUT2D eigenvalue weighted by Crippen LogP contribution is -2.19. The van der Waals surface area contributed by atoms with Gasteiger partial charge in [-0.25, -0.2) is 0 Å². The number of benzene rings is 6. The maximum Gasteiger partial charge on any atom is 0.463 e. The Morgan fingerprint density at radius 2 is 0.441 bits per heavy atom. The highest BCUT2D eigenvalue weighted by Crippen LogP contribution is 2.53. The normalized spacial score (nSPS) is 13.2. The van der Waals surface area contributed by atoms with Crippen LogP contribution in [0.1, 0.15) is 562 Å². The van der Waals surface area contributed by atoms with E-state index in [-0.39, 0.29) is 28.1 Å². The first-order valence-electron chi connectivity index (χ1n) is 57.0. The molecule has 6 aromatic carbocycles. The van der Waals surface area contributed by atoms with Crippen molar-refractivity contribution in [2.45, 2.75) is 551 Å². The average Bonchev–Trinajstić information content (AvgIpc) is 0.757. The van der Waals surface area contributed by atoms with Gasteiger partial charge in [0.25, 0.3) is 0 Å². The van der Waals surface area contributed by atoms with Crippen molar-refractivity contribution in [1.82, 2.24) is 0 Å². The fourth-order valence-electron chi connectivity index (χ4n) is 19.4. The predicted octanol–water partition coefficient (Wildman–Crippen LogP) is 42.9. The topological polar surface area (TPSA) is 83.1 Å². The highest BCUT2D eigenvalue weighted by molar-refractivity contribution is 7.43. The molecule has 0 aliphatic carbocycles. The maximum atomic E-state index is 7.43. The summed E-state index contributed by atoms with van der Waals surface area (Å²) in [5, 5.41) is 0. The van der Waals surface area contributed by atoms with Crippen LogP contribution in [0.5, 0.6) is 34.5 Å². The van der Waals surface area contributed by atoms with Gasteiger partial charge in [0.15, 0.2) is 0 Å². The van der Waals surface area contributed by atoms with E-state index in [2.05, 4.69) is 241 Å². The van der Waals surface area contributed by atoms with Gasteiger partial charge in [-0.15, -0.1) is 0 Å². The van der Waals surface area contributed by atoms with Crippen molar-refractivity contribution < 1.29 is 40.7 Å². The number of aryl methyl sites for hydroxylation is 6. The number of hydrogen-bond donors (Lipinski definition) is 0. The molecule has 0 aromatic heterocycles. The third-order valence-corrected chi connectivity index (χ3v) is 31.2. The Kier molecular flexibility index (Phi) is 64.0. The van der Waals surface area contributed by atoms with Crippen LogP contribution in [0.25, 0.3) is 0 Å². The average molecular weight is 1930 g/mol. The lowest BCUT2D eigenvalue weighted by Gasteiger charge is -2.33. The summed E-state index contributed by atoms with van der Waals surface area (Å²) < 4.78 is 64.2. The molecule has 6 aromatic rings. The van der Waals surface area contributed by atoms with Gasteiger partial charge in [0.05, 0.1) is 19.8 Å². The third-order valence-electron chi connectivity index (χ3n) is 27.9. The van der Waals surface area contributed by atoms with Gasteiger partial charge in [-0.3, -0.25) is 13.6 Å². The van der Waals surface area contributed by atoms with Crippen LogP contribution in [0.2, 0.25) is 0 Å². The van der Waals surface area contributed by atoms with Crippen LogP contribution in [0.4, 0.5) is 0 Å². The van der Waals surface area contributed by atoms with E-state index in [1.165, 1.54) is 378 Å².